The summed E-state index contributed by atoms with van der Waals surface area (Å²) in [7, 11) is -3.29. The van der Waals surface area contributed by atoms with Crippen LogP contribution >= 0.6 is 0 Å². The molecule has 0 saturated carbocycles. The minimum absolute atomic E-state index is 0.196. The second kappa shape index (κ2) is 6.51. The maximum Gasteiger partial charge on any atom is 0.211 e. The molecule has 3 aliphatic heterocycles. The van der Waals surface area contributed by atoms with Crippen molar-refractivity contribution in [2.24, 2.45) is 15.7 Å². The van der Waals surface area contributed by atoms with Crippen LogP contribution < -0.4 is 5.73 Å². The van der Waals surface area contributed by atoms with Crippen molar-refractivity contribution >= 4 is 21.6 Å². The molecular formula is C18H23N5O2S. The average molecular weight is 373 g/mol. The molecule has 1 fully saturated rings. The summed E-state index contributed by atoms with van der Waals surface area (Å²) in [5.74, 6) is 0.485. The van der Waals surface area contributed by atoms with E-state index in [4.69, 9.17) is 10.7 Å². The summed E-state index contributed by atoms with van der Waals surface area (Å²) in [6.07, 6.45) is 7.19. The molecule has 26 heavy (non-hydrogen) atoms. The van der Waals surface area contributed by atoms with Crippen LogP contribution in [0.15, 0.2) is 52.7 Å². The van der Waals surface area contributed by atoms with Crippen LogP contribution in [0.4, 0.5) is 0 Å². The predicted octanol–water partition coefficient (Wildman–Crippen LogP) is 1.14. The van der Waals surface area contributed by atoms with Gasteiger partial charge in [0.1, 0.15) is 18.0 Å². The number of nitrogens with zero attached hydrogens (tertiary/aromatic N) is 4. The smallest absolute Gasteiger partial charge is 0.211 e. The summed E-state index contributed by atoms with van der Waals surface area (Å²) in [5.41, 5.74) is 8.04. The highest BCUT2D eigenvalue weighted by atomic mass is 32.2. The Bertz CT molecular complexity index is 878. The van der Waals surface area contributed by atoms with Gasteiger partial charge in [0.15, 0.2) is 0 Å². The molecule has 1 aromatic carbocycles. The summed E-state index contributed by atoms with van der Waals surface area (Å²) >= 11 is 0. The molecule has 3 heterocycles. The molecule has 8 heteroatoms. The third-order valence-corrected chi connectivity index (χ3v) is 6.52. The van der Waals surface area contributed by atoms with Crippen LogP contribution in [-0.2, 0) is 10.0 Å². The van der Waals surface area contributed by atoms with Crippen molar-refractivity contribution in [1.82, 2.24) is 9.21 Å². The Morgan fingerprint density at radius 1 is 1.19 bits per heavy atom. The van der Waals surface area contributed by atoms with E-state index in [0.717, 1.165) is 30.5 Å². The lowest BCUT2D eigenvalue weighted by molar-refractivity contribution is 0.150. The van der Waals surface area contributed by atoms with Gasteiger partial charge in [-0.15, -0.1) is 0 Å². The van der Waals surface area contributed by atoms with Crippen molar-refractivity contribution < 1.29 is 8.42 Å². The molecule has 138 valence electrons. The number of amidine groups is 1. The van der Waals surface area contributed by atoms with Gasteiger partial charge in [-0.2, -0.15) is 4.31 Å². The Morgan fingerprint density at radius 2 is 1.96 bits per heavy atom. The molecule has 0 aliphatic carbocycles. The maximum atomic E-state index is 12.3. The first-order valence-corrected chi connectivity index (χ1v) is 10.7. The zero-order valence-electron chi connectivity index (χ0n) is 14.7. The third kappa shape index (κ3) is 2.93. The molecule has 3 atom stereocenters. The summed E-state index contributed by atoms with van der Waals surface area (Å²) in [4.78, 5) is 11.3. The fourth-order valence-corrected chi connectivity index (χ4v) is 5.24. The summed E-state index contributed by atoms with van der Waals surface area (Å²) < 4.78 is 26.2. The van der Waals surface area contributed by atoms with Crippen LogP contribution in [0.2, 0.25) is 0 Å². The van der Waals surface area contributed by atoms with Crippen LogP contribution in [0, 0.1) is 0 Å². The van der Waals surface area contributed by atoms with Gasteiger partial charge in [-0.05, 0) is 18.4 Å². The second-order valence-electron chi connectivity index (χ2n) is 6.93. The van der Waals surface area contributed by atoms with E-state index in [0.29, 0.717) is 12.4 Å². The molecule has 7 nitrogen and oxygen atoms in total. The van der Waals surface area contributed by atoms with Crippen LogP contribution in [0.25, 0.3) is 0 Å². The fourth-order valence-electron chi connectivity index (χ4n) is 4.07. The first kappa shape index (κ1) is 17.2. The summed E-state index contributed by atoms with van der Waals surface area (Å²) in [5, 5.41) is 0. The first-order valence-electron chi connectivity index (χ1n) is 8.84. The van der Waals surface area contributed by atoms with E-state index < -0.39 is 10.0 Å². The second-order valence-corrected chi connectivity index (χ2v) is 8.87. The minimum atomic E-state index is -3.29. The van der Waals surface area contributed by atoms with Gasteiger partial charge < -0.3 is 10.6 Å². The molecule has 3 aliphatic rings. The number of piperidine rings is 1. The van der Waals surface area contributed by atoms with Crippen LogP contribution in [-0.4, -0.2) is 60.2 Å². The van der Waals surface area contributed by atoms with Gasteiger partial charge in [-0.1, -0.05) is 36.8 Å². The Kier molecular flexibility index (Phi) is 4.32. The molecule has 0 aromatic heterocycles. The Balaban J connectivity index is 1.77. The summed E-state index contributed by atoms with van der Waals surface area (Å²) in [6.45, 7) is 0.544. The minimum Gasteiger partial charge on any atom is -0.385 e. The highest BCUT2D eigenvalue weighted by molar-refractivity contribution is 7.88. The van der Waals surface area contributed by atoms with Crippen molar-refractivity contribution in [3.63, 3.8) is 0 Å². The third-order valence-electron chi connectivity index (χ3n) is 5.21. The monoisotopic (exact) mass is 373 g/mol. The van der Waals surface area contributed by atoms with Crippen LogP contribution in [0.5, 0.6) is 0 Å². The van der Waals surface area contributed by atoms with E-state index in [2.05, 4.69) is 9.89 Å². The van der Waals surface area contributed by atoms with E-state index in [9.17, 15) is 8.42 Å². The summed E-state index contributed by atoms with van der Waals surface area (Å²) in [6, 6.07) is 9.43. The number of rotatable bonds is 3. The number of aliphatic imine (C=N–C) groups is 2. The molecule has 1 saturated heterocycles. The highest BCUT2D eigenvalue weighted by Gasteiger charge is 2.45. The molecule has 1 aromatic rings. The molecule has 0 radical (unpaired) electrons. The van der Waals surface area contributed by atoms with Crippen LogP contribution in [0.1, 0.15) is 24.8 Å². The number of hydrogen-bond acceptors (Lipinski definition) is 6. The van der Waals surface area contributed by atoms with Gasteiger partial charge in [0.05, 0.1) is 18.0 Å². The molecule has 4 rings (SSSR count). The number of hydrogen-bond donors (Lipinski definition) is 1. The normalized spacial score (nSPS) is 29.3. The molecule has 0 spiro atoms. The zero-order chi connectivity index (χ0) is 18.3. The van der Waals surface area contributed by atoms with Crippen molar-refractivity contribution in [3.8, 4) is 0 Å². The molecule has 0 amide bonds. The standard InChI is InChI=1S/C18H23N5O2S/c1-26(24,25)23-11-6-5-9-14(23)18-21-15(13-7-3-2-4-8-13)16-17(19)20-10-12-22(16)18/h2-4,7-8,10,12,14,16,18H,5-6,9,11H2,1H3,(H2,19,20). The Hall–Kier alpha value is -2.19. The lowest BCUT2D eigenvalue weighted by atomic mass is 10.00. The van der Waals surface area contributed by atoms with Gasteiger partial charge in [0, 0.05) is 18.9 Å². The molecule has 2 N–H and O–H groups in total. The SMILES string of the molecule is CS(=O)(=O)N1CCCCC1C1N=C(c2ccccc2)C2C(N)=NC=CN21. The Labute approximate surface area is 154 Å². The van der Waals surface area contributed by atoms with Crippen molar-refractivity contribution in [1.29, 1.82) is 0 Å². The van der Waals surface area contributed by atoms with Gasteiger partial charge in [0.25, 0.3) is 0 Å². The lowest BCUT2D eigenvalue weighted by Crippen LogP contribution is -2.55. The fraction of sp³-hybridized carbons (Fsp3) is 0.444. The largest absolute Gasteiger partial charge is 0.385 e. The van der Waals surface area contributed by atoms with E-state index >= 15 is 0 Å². The molecular weight excluding hydrogens is 350 g/mol. The molecule has 0 bridgehead atoms. The topological polar surface area (TPSA) is 91.4 Å². The molecule has 3 unspecified atom stereocenters. The Morgan fingerprint density at radius 3 is 2.69 bits per heavy atom. The van der Waals surface area contributed by atoms with E-state index in [1.54, 1.807) is 10.5 Å². The lowest BCUT2D eigenvalue weighted by Gasteiger charge is -2.40. The van der Waals surface area contributed by atoms with E-state index in [-0.39, 0.29) is 18.2 Å². The maximum absolute atomic E-state index is 12.3. The number of benzene rings is 1. The van der Waals surface area contributed by atoms with Gasteiger partial charge in [-0.25, -0.2) is 13.4 Å². The average Bonchev–Trinajstić information content (AvgIpc) is 3.03. The number of nitrogens with two attached hydrogens (primary N) is 1. The predicted molar refractivity (Wildman–Crippen MR) is 102 cm³/mol. The van der Waals surface area contributed by atoms with Crippen molar-refractivity contribution in [2.75, 3.05) is 12.8 Å². The van der Waals surface area contributed by atoms with E-state index in [1.165, 1.54) is 6.26 Å². The van der Waals surface area contributed by atoms with Gasteiger partial charge in [0.2, 0.25) is 10.0 Å². The van der Waals surface area contributed by atoms with Crippen LogP contribution in [0.3, 0.4) is 0 Å². The number of fused-ring (bicyclic) bond motifs is 1. The highest BCUT2D eigenvalue weighted by Crippen LogP contribution is 2.33. The van der Waals surface area contributed by atoms with Gasteiger partial charge >= 0.3 is 0 Å². The quantitative estimate of drug-likeness (QED) is 0.860. The van der Waals surface area contributed by atoms with Gasteiger partial charge in [-0.3, -0.25) is 4.99 Å². The zero-order valence-corrected chi connectivity index (χ0v) is 15.5. The van der Waals surface area contributed by atoms with E-state index in [1.807, 2.05) is 36.5 Å². The van der Waals surface area contributed by atoms with Crippen molar-refractivity contribution in [3.05, 3.63) is 48.3 Å². The van der Waals surface area contributed by atoms with Crippen molar-refractivity contribution in [2.45, 2.75) is 37.5 Å². The number of sulfonamides is 1. The first-order chi connectivity index (χ1) is 12.5.